The van der Waals surface area contributed by atoms with Gasteiger partial charge in [-0.2, -0.15) is 0 Å². The molecule has 0 aliphatic carbocycles. The Hall–Kier alpha value is -1.79. The lowest BCUT2D eigenvalue weighted by molar-refractivity contribution is -0.145. The molecule has 1 unspecified atom stereocenters. The third-order valence-corrected chi connectivity index (χ3v) is 2.85. The van der Waals surface area contributed by atoms with E-state index in [-0.39, 0.29) is 19.8 Å². The van der Waals surface area contributed by atoms with Crippen molar-refractivity contribution in [3.63, 3.8) is 0 Å². The van der Waals surface area contributed by atoms with E-state index < -0.39 is 12.1 Å². The Morgan fingerprint density at radius 1 is 1.33 bits per heavy atom. The molecule has 0 aliphatic rings. The van der Waals surface area contributed by atoms with E-state index in [1.807, 2.05) is 26.0 Å². The molecule has 6 nitrogen and oxygen atoms in total. The van der Waals surface area contributed by atoms with Crippen molar-refractivity contribution in [2.75, 3.05) is 31.7 Å². The first-order chi connectivity index (χ1) is 9.97. The van der Waals surface area contributed by atoms with Crippen molar-refractivity contribution < 1.29 is 24.5 Å². The minimum absolute atomic E-state index is 0.120. The molecule has 0 aromatic heterocycles. The number of benzene rings is 1. The monoisotopic (exact) mass is 297 g/mol. The average Bonchev–Trinajstić information content (AvgIpc) is 2.44. The summed E-state index contributed by atoms with van der Waals surface area (Å²) in [5.41, 5.74) is 2.57. The first kappa shape index (κ1) is 17.3. The van der Waals surface area contributed by atoms with Gasteiger partial charge >= 0.3 is 5.97 Å². The Bertz CT molecular complexity index is 452. The van der Waals surface area contributed by atoms with Gasteiger partial charge in [0, 0.05) is 12.2 Å². The minimum atomic E-state index is -0.801. The zero-order valence-corrected chi connectivity index (χ0v) is 12.7. The summed E-state index contributed by atoms with van der Waals surface area (Å²) in [5, 5.41) is 21.1. The molecule has 0 saturated carbocycles. The highest BCUT2D eigenvalue weighted by molar-refractivity contribution is 5.71. The first-order valence-electron chi connectivity index (χ1n) is 6.90. The molecule has 0 heterocycles. The summed E-state index contributed by atoms with van der Waals surface area (Å²) in [6.07, 6.45) is -0.801. The van der Waals surface area contributed by atoms with Crippen LogP contribution in [0.2, 0.25) is 0 Å². The number of carbonyl (C=O) groups excluding carboxylic acids is 1. The van der Waals surface area contributed by atoms with E-state index in [0.29, 0.717) is 12.4 Å². The Balaban J connectivity index is 2.69. The molecule has 0 saturated heterocycles. The minimum Gasteiger partial charge on any atom is -0.481 e. The van der Waals surface area contributed by atoms with Gasteiger partial charge in [0.05, 0.1) is 19.3 Å². The number of anilines is 1. The lowest BCUT2D eigenvalue weighted by atomic mass is 10.1. The Labute approximate surface area is 124 Å². The van der Waals surface area contributed by atoms with E-state index in [1.54, 1.807) is 6.92 Å². The summed E-state index contributed by atoms with van der Waals surface area (Å²) in [7, 11) is 0. The second-order valence-corrected chi connectivity index (χ2v) is 4.75. The molecule has 118 valence electrons. The number of ether oxygens (including phenoxy) is 2. The number of nitrogens with one attached hydrogen (secondary N) is 1. The van der Waals surface area contributed by atoms with Crippen LogP contribution in [0.4, 0.5) is 5.69 Å². The Morgan fingerprint density at radius 3 is 2.48 bits per heavy atom. The largest absolute Gasteiger partial charge is 0.481 e. The maximum Gasteiger partial charge on any atom is 0.344 e. The van der Waals surface area contributed by atoms with E-state index >= 15 is 0 Å². The maximum absolute atomic E-state index is 11.3. The molecule has 0 fully saturated rings. The van der Waals surface area contributed by atoms with Crippen molar-refractivity contribution in [1.29, 1.82) is 0 Å². The number of hydrogen-bond donors (Lipinski definition) is 3. The number of hydrogen-bond acceptors (Lipinski definition) is 6. The van der Waals surface area contributed by atoms with Crippen LogP contribution in [0.15, 0.2) is 12.1 Å². The molecule has 0 spiro atoms. The normalized spacial score (nSPS) is 11.9. The van der Waals surface area contributed by atoms with Gasteiger partial charge in [-0.3, -0.25) is 0 Å². The number of rotatable bonds is 8. The van der Waals surface area contributed by atoms with Crippen molar-refractivity contribution in [1.82, 2.24) is 0 Å². The molecule has 1 aromatic carbocycles. The molecule has 1 rings (SSSR count). The quantitative estimate of drug-likeness (QED) is 0.621. The molecule has 0 bridgehead atoms. The molecular formula is C15H23NO5. The summed E-state index contributed by atoms with van der Waals surface area (Å²) in [6, 6.07) is 3.72. The zero-order valence-electron chi connectivity index (χ0n) is 12.7. The van der Waals surface area contributed by atoms with Gasteiger partial charge in [-0.05, 0) is 44.0 Å². The van der Waals surface area contributed by atoms with E-state index in [4.69, 9.17) is 14.6 Å². The van der Waals surface area contributed by atoms with Crippen LogP contribution in [-0.2, 0) is 9.53 Å². The fourth-order valence-corrected chi connectivity index (χ4v) is 1.91. The summed E-state index contributed by atoms with van der Waals surface area (Å²) < 4.78 is 10.3. The topological polar surface area (TPSA) is 88.0 Å². The standard InChI is InChI=1S/C15H23NO5/c1-4-20-14(19)9-21-15-10(2)5-12(6-11(15)3)16-7-13(18)8-17/h5-6,13,16-18H,4,7-9H2,1-3H3. The molecule has 0 radical (unpaired) electrons. The van der Waals surface area contributed by atoms with Gasteiger partial charge < -0.3 is 25.0 Å². The molecular weight excluding hydrogens is 274 g/mol. The van der Waals surface area contributed by atoms with Gasteiger partial charge in [-0.1, -0.05) is 0 Å². The second-order valence-electron chi connectivity index (χ2n) is 4.75. The molecule has 21 heavy (non-hydrogen) atoms. The van der Waals surface area contributed by atoms with Gasteiger partial charge in [0.1, 0.15) is 5.75 Å². The molecule has 0 aliphatic heterocycles. The van der Waals surface area contributed by atoms with E-state index in [1.165, 1.54) is 0 Å². The van der Waals surface area contributed by atoms with Crippen molar-refractivity contribution in [3.05, 3.63) is 23.3 Å². The highest BCUT2D eigenvalue weighted by atomic mass is 16.6. The SMILES string of the molecule is CCOC(=O)COc1c(C)cc(NCC(O)CO)cc1C. The summed E-state index contributed by atoms with van der Waals surface area (Å²) in [5.74, 6) is 0.251. The lowest BCUT2D eigenvalue weighted by Gasteiger charge is -2.15. The van der Waals surface area contributed by atoms with Crippen molar-refractivity contribution in [2.24, 2.45) is 0 Å². The first-order valence-corrected chi connectivity index (χ1v) is 6.90. The van der Waals surface area contributed by atoms with E-state index in [0.717, 1.165) is 16.8 Å². The highest BCUT2D eigenvalue weighted by Crippen LogP contribution is 2.27. The molecule has 6 heteroatoms. The Morgan fingerprint density at radius 2 is 1.95 bits per heavy atom. The third-order valence-electron chi connectivity index (χ3n) is 2.85. The van der Waals surface area contributed by atoms with Gasteiger partial charge in [0.15, 0.2) is 6.61 Å². The molecule has 1 atom stereocenters. The smallest absolute Gasteiger partial charge is 0.344 e. The van der Waals surface area contributed by atoms with Crippen LogP contribution in [0.5, 0.6) is 5.75 Å². The molecule has 3 N–H and O–H groups in total. The molecule has 1 aromatic rings. The van der Waals surface area contributed by atoms with Gasteiger partial charge in [-0.25, -0.2) is 4.79 Å². The third kappa shape index (κ3) is 5.61. The summed E-state index contributed by atoms with van der Waals surface area (Å²) in [4.78, 5) is 11.3. The van der Waals surface area contributed by atoms with E-state index in [9.17, 15) is 9.90 Å². The predicted octanol–water partition coefficient (Wildman–Crippen LogP) is 1.01. The summed E-state index contributed by atoms with van der Waals surface area (Å²) in [6.45, 7) is 5.68. The van der Waals surface area contributed by atoms with Gasteiger partial charge in [0.2, 0.25) is 0 Å². The van der Waals surface area contributed by atoms with E-state index in [2.05, 4.69) is 5.32 Å². The van der Waals surface area contributed by atoms with Crippen LogP contribution in [0, 0.1) is 13.8 Å². The van der Waals surface area contributed by atoms with Gasteiger partial charge in [-0.15, -0.1) is 0 Å². The maximum atomic E-state index is 11.3. The summed E-state index contributed by atoms with van der Waals surface area (Å²) >= 11 is 0. The fraction of sp³-hybridized carbons (Fsp3) is 0.533. The van der Waals surface area contributed by atoms with Crippen LogP contribution in [0.25, 0.3) is 0 Å². The van der Waals surface area contributed by atoms with Crippen LogP contribution >= 0.6 is 0 Å². The van der Waals surface area contributed by atoms with Crippen molar-refractivity contribution in [3.8, 4) is 5.75 Å². The van der Waals surface area contributed by atoms with Crippen molar-refractivity contribution >= 4 is 11.7 Å². The van der Waals surface area contributed by atoms with Gasteiger partial charge in [0.25, 0.3) is 0 Å². The fourth-order valence-electron chi connectivity index (χ4n) is 1.91. The highest BCUT2D eigenvalue weighted by Gasteiger charge is 2.10. The lowest BCUT2D eigenvalue weighted by Crippen LogP contribution is -2.23. The van der Waals surface area contributed by atoms with Crippen LogP contribution in [-0.4, -0.2) is 48.7 Å². The van der Waals surface area contributed by atoms with Crippen LogP contribution < -0.4 is 10.1 Å². The van der Waals surface area contributed by atoms with Crippen molar-refractivity contribution in [2.45, 2.75) is 26.9 Å². The number of esters is 1. The zero-order chi connectivity index (χ0) is 15.8. The number of carbonyl (C=O) groups is 1. The number of aliphatic hydroxyl groups excluding tert-OH is 2. The predicted molar refractivity (Wildman–Crippen MR) is 79.6 cm³/mol. The van der Waals surface area contributed by atoms with Crippen LogP contribution in [0.3, 0.4) is 0 Å². The Kier molecular flexibility index (Phi) is 6.98. The molecule has 0 amide bonds. The number of aryl methyl sites for hydroxylation is 2. The number of aliphatic hydroxyl groups is 2. The second kappa shape index (κ2) is 8.49. The average molecular weight is 297 g/mol. The van der Waals surface area contributed by atoms with Crippen LogP contribution in [0.1, 0.15) is 18.1 Å².